The molecule has 18 heavy (non-hydrogen) atoms. The number of carboxylic acids is 1. The summed E-state index contributed by atoms with van der Waals surface area (Å²) < 4.78 is 20.0. The summed E-state index contributed by atoms with van der Waals surface area (Å²) in [7, 11) is 0. The van der Waals surface area contributed by atoms with E-state index in [4.69, 9.17) is 2.51 Å². The van der Waals surface area contributed by atoms with E-state index in [9.17, 15) is 14.3 Å². The summed E-state index contributed by atoms with van der Waals surface area (Å²) >= 11 is 2.41. The number of nitrogens with zero attached hydrogens (tertiary/aromatic N) is 2. The second-order valence-electron chi connectivity index (χ2n) is 3.65. The molecule has 1 N–H and O–H groups in total. The molecule has 0 aromatic carbocycles. The molecule has 0 radical (unpaired) electrons. The summed E-state index contributed by atoms with van der Waals surface area (Å²) in [5.74, 6) is -1.63. The van der Waals surface area contributed by atoms with Gasteiger partial charge in [0.1, 0.15) is 46.7 Å². The van der Waals surface area contributed by atoms with Gasteiger partial charge in [0, 0.05) is 5.69 Å². The number of aromatic nitrogens is 2. The molecule has 2 aromatic heterocycles. The molecule has 0 atom stereocenters. The van der Waals surface area contributed by atoms with Gasteiger partial charge >= 0.3 is 5.97 Å². The Labute approximate surface area is 120 Å². The van der Waals surface area contributed by atoms with E-state index in [0.717, 1.165) is 12.2 Å². The van der Waals surface area contributed by atoms with Gasteiger partial charge in [-0.25, -0.2) is 20.7 Å². The Morgan fingerprint density at radius 2 is 2.28 bits per heavy atom. The lowest BCUT2D eigenvalue weighted by Gasteiger charge is -2.03. The van der Waals surface area contributed by atoms with Crippen LogP contribution in [0.3, 0.4) is 0 Å². The van der Waals surface area contributed by atoms with E-state index in [0.29, 0.717) is 11.3 Å². The van der Waals surface area contributed by atoms with Crippen LogP contribution in [0.4, 0.5) is 4.39 Å². The summed E-state index contributed by atoms with van der Waals surface area (Å²) in [4.78, 5) is 15.4. The minimum atomic E-state index is -1.15. The van der Waals surface area contributed by atoms with Crippen LogP contribution in [0.5, 0.6) is 0 Å². The first-order valence-corrected chi connectivity index (χ1v) is 6.42. The van der Waals surface area contributed by atoms with Gasteiger partial charge in [-0.15, -0.1) is 0 Å². The van der Waals surface area contributed by atoms with Crippen molar-refractivity contribution in [2.24, 2.45) is 0 Å². The molecule has 0 saturated carbocycles. The van der Waals surface area contributed by atoms with Crippen LogP contribution in [0.25, 0.3) is 11.0 Å². The zero-order valence-electron chi connectivity index (χ0n) is 9.40. The molecule has 0 amide bonds. The molecule has 0 saturated heterocycles. The minimum absolute atomic E-state index is 0.0383. The molecule has 0 unspecified atom stereocenters. The highest BCUT2D eigenvalue weighted by Crippen LogP contribution is 2.31. The van der Waals surface area contributed by atoms with E-state index < -0.39 is 11.8 Å². The lowest BCUT2D eigenvalue weighted by molar-refractivity contribution is 0.0689. The van der Waals surface area contributed by atoms with Crippen LogP contribution in [-0.4, -0.2) is 20.0 Å². The first kappa shape index (κ1) is 13.6. The van der Waals surface area contributed by atoms with Crippen molar-refractivity contribution >= 4 is 52.2 Å². The van der Waals surface area contributed by atoms with E-state index in [1.807, 2.05) is 0 Å². The van der Waals surface area contributed by atoms with E-state index in [-0.39, 0.29) is 16.7 Å². The fraction of sp³-hybridized carbons (Fsp3) is 0.200. The fourth-order valence-electron chi connectivity index (χ4n) is 1.84. The number of hydrogen-bond donors (Lipinski definition) is 1. The molecule has 0 spiro atoms. The van der Waals surface area contributed by atoms with Crippen molar-refractivity contribution in [1.82, 2.24) is 8.96 Å². The Hall–Kier alpha value is -0.870. The van der Waals surface area contributed by atoms with Crippen LogP contribution in [0, 0.1) is 19.7 Å². The second kappa shape index (κ2) is 5.02. The van der Waals surface area contributed by atoms with Crippen LogP contribution in [0.1, 0.15) is 21.7 Å². The number of carbonyl (C=O) groups is 1. The summed E-state index contributed by atoms with van der Waals surface area (Å²) in [5.41, 5.74) is 1.03. The topological polar surface area (TPSA) is 64.3 Å². The van der Waals surface area contributed by atoms with Crippen LogP contribution in [0.15, 0.2) is 6.07 Å². The summed E-state index contributed by atoms with van der Waals surface area (Å²) in [6.07, 6.45) is 0. The Morgan fingerprint density at radius 3 is 2.83 bits per heavy atom. The van der Waals surface area contributed by atoms with E-state index in [2.05, 4.69) is 4.98 Å². The van der Waals surface area contributed by atoms with Gasteiger partial charge in [-0.1, -0.05) is 0 Å². The molecule has 0 aliphatic heterocycles. The van der Waals surface area contributed by atoms with Gasteiger partial charge in [0.05, 0.1) is 5.39 Å². The van der Waals surface area contributed by atoms with Crippen molar-refractivity contribution in [2.45, 2.75) is 13.8 Å². The standard InChI is InChI=1S/C10H8FIN2O3S/c1-4-3-6(11)7-5(2)8(10(15)16)14(18-17-12)9(7)13-4/h3H,1-2H3,(H,15,16). The monoisotopic (exact) mass is 382 g/mol. The lowest BCUT2D eigenvalue weighted by atomic mass is 10.2. The van der Waals surface area contributed by atoms with Crippen molar-refractivity contribution in [3.63, 3.8) is 0 Å². The fourth-order valence-corrected chi connectivity index (χ4v) is 2.87. The number of fused-ring (bicyclic) bond motifs is 1. The van der Waals surface area contributed by atoms with Gasteiger partial charge in [-0.3, -0.25) is 0 Å². The Bertz CT molecular complexity index is 644. The van der Waals surface area contributed by atoms with Crippen molar-refractivity contribution in [3.8, 4) is 0 Å². The molecule has 8 heteroatoms. The first-order chi connectivity index (χ1) is 8.47. The average molecular weight is 382 g/mol. The van der Waals surface area contributed by atoms with E-state index in [1.165, 1.54) is 10.0 Å². The highest BCUT2D eigenvalue weighted by molar-refractivity contribution is 14.1. The number of pyridine rings is 1. The SMILES string of the molecule is Cc1cc(F)c2c(C)c(C(=O)O)n(SOI)c2n1. The average Bonchev–Trinajstić information content (AvgIpc) is 2.52. The Morgan fingerprint density at radius 1 is 1.61 bits per heavy atom. The zero-order chi connectivity index (χ0) is 13.4. The lowest BCUT2D eigenvalue weighted by Crippen LogP contribution is -2.05. The molecule has 2 rings (SSSR count). The summed E-state index contributed by atoms with van der Waals surface area (Å²) in [6.45, 7) is 3.20. The predicted octanol–water partition coefficient (Wildman–Crippen LogP) is 3.27. The number of aryl methyl sites for hydroxylation is 2. The Balaban J connectivity index is 2.91. The van der Waals surface area contributed by atoms with Gasteiger partial charge in [0.25, 0.3) is 0 Å². The molecule has 0 aliphatic rings. The van der Waals surface area contributed by atoms with E-state index >= 15 is 0 Å². The molecule has 0 fully saturated rings. The van der Waals surface area contributed by atoms with Crippen molar-refractivity contribution in [2.75, 3.05) is 0 Å². The van der Waals surface area contributed by atoms with Crippen LogP contribution >= 0.6 is 35.2 Å². The molecular weight excluding hydrogens is 374 g/mol. The molecule has 2 heterocycles. The molecule has 0 bridgehead atoms. The summed E-state index contributed by atoms with van der Waals surface area (Å²) in [6, 6.07) is 1.28. The van der Waals surface area contributed by atoms with Gasteiger partial charge in [-0.05, 0) is 25.5 Å². The first-order valence-electron chi connectivity index (χ1n) is 4.84. The van der Waals surface area contributed by atoms with Crippen molar-refractivity contribution < 1.29 is 16.8 Å². The Kier molecular flexibility index (Phi) is 3.78. The normalized spacial score (nSPS) is 11.1. The maximum atomic E-state index is 13.9. The molecule has 2 aromatic rings. The predicted molar refractivity (Wildman–Crippen MR) is 74.2 cm³/mol. The van der Waals surface area contributed by atoms with Gasteiger partial charge in [-0.2, -0.15) is 0 Å². The number of rotatable bonds is 3. The summed E-state index contributed by atoms with van der Waals surface area (Å²) in [5, 5.41) is 9.40. The van der Waals surface area contributed by atoms with Gasteiger partial charge < -0.3 is 5.11 Å². The van der Waals surface area contributed by atoms with Crippen molar-refractivity contribution in [3.05, 3.63) is 28.8 Å². The largest absolute Gasteiger partial charge is 0.477 e. The maximum absolute atomic E-state index is 13.9. The number of aromatic carboxylic acids is 1. The van der Waals surface area contributed by atoms with Crippen LogP contribution < -0.4 is 0 Å². The minimum Gasteiger partial charge on any atom is -0.477 e. The third kappa shape index (κ3) is 2.08. The molecule has 96 valence electrons. The van der Waals surface area contributed by atoms with Crippen LogP contribution in [-0.2, 0) is 2.51 Å². The third-order valence-electron chi connectivity index (χ3n) is 2.51. The third-order valence-corrected chi connectivity index (χ3v) is 3.55. The van der Waals surface area contributed by atoms with Crippen LogP contribution in [0.2, 0.25) is 0 Å². The zero-order valence-corrected chi connectivity index (χ0v) is 12.4. The van der Waals surface area contributed by atoms with Gasteiger partial charge in [0.2, 0.25) is 0 Å². The second-order valence-corrected chi connectivity index (χ2v) is 5.37. The van der Waals surface area contributed by atoms with Gasteiger partial charge in [0.15, 0.2) is 5.65 Å². The maximum Gasteiger partial charge on any atom is 0.353 e. The quantitative estimate of drug-likeness (QED) is 0.652. The number of hydrogen-bond acceptors (Lipinski definition) is 4. The molecule has 5 nitrogen and oxygen atoms in total. The number of carboxylic acid groups (broad SMARTS) is 1. The highest BCUT2D eigenvalue weighted by atomic mass is 127. The van der Waals surface area contributed by atoms with E-state index in [1.54, 1.807) is 36.9 Å². The highest BCUT2D eigenvalue weighted by Gasteiger charge is 2.24. The van der Waals surface area contributed by atoms with Crippen molar-refractivity contribution in [1.29, 1.82) is 0 Å². The smallest absolute Gasteiger partial charge is 0.353 e. The molecule has 0 aliphatic carbocycles. The number of halogens is 2. The molecular formula is C10H8FIN2O3S.